The summed E-state index contributed by atoms with van der Waals surface area (Å²) in [6.07, 6.45) is 3.66. The summed E-state index contributed by atoms with van der Waals surface area (Å²) >= 11 is 0. The largest absolute Gasteiger partial charge is 0.459 e. The molecule has 0 aliphatic heterocycles. The molecule has 0 fully saturated rings. The van der Waals surface area contributed by atoms with E-state index in [9.17, 15) is 22.4 Å². The highest BCUT2D eigenvalue weighted by atomic mass is 19.4. The first-order chi connectivity index (χ1) is 12.3. The third-order valence-corrected chi connectivity index (χ3v) is 4.27. The molecule has 2 nitrogen and oxygen atoms in total. The van der Waals surface area contributed by atoms with Gasteiger partial charge in [0.05, 0.1) is 11.1 Å². The average molecular weight is 376 g/mol. The number of ether oxygens (including phenoxy) is 1. The van der Waals surface area contributed by atoms with Gasteiger partial charge in [0.1, 0.15) is 11.9 Å². The molecule has 0 N–H and O–H groups in total. The fraction of sp³-hybridized carbons (Fsp3) is 0.650. The molecule has 0 radical (unpaired) electrons. The Labute approximate surface area is 152 Å². The fourth-order valence-electron chi connectivity index (χ4n) is 2.83. The summed E-state index contributed by atoms with van der Waals surface area (Å²) in [6, 6.07) is 2.20. The Bertz CT molecular complexity index is 555. The van der Waals surface area contributed by atoms with Crippen LogP contribution in [-0.4, -0.2) is 12.1 Å². The van der Waals surface area contributed by atoms with Crippen molar-refractivity contribution in [2.24, 2.45) is 0 Å². The second-order valence-electron chi connectivity index (χ2n) is 6.56. The summed E-state index contributed by atoms with van der Waals surface area (Å²) in [5.74, 6) is -2.23. The van der Waals surface area contributed by atoms with Crippen LogP contribution in [0.25, 0.3) is 0 Å². The van der Waals surface area contributed by atoms with Crippen LogP contribution in [0.2, 0.25) is 0 Å². The Hall–Kier alpha value is -1.59. The number of alkyl halides is 3. The van der Waals surface area contributed by atoms with E-state index in [1.165, 1.54) is 19.3 Å². The third kappa shape index (κ3) is 7.75. The van der Waals surface area contributed by atoms with Gasteiger partial charge in [0, 0.05) is 0 Å². The lowest BCUT2D eigenvalue weighted by Gasteiger charge is -2.18. The van der Waals surface area contributed by atoms with Crippen LogP contribution in [0.5, 0.6) is 0 Å². The Morgan fingerprint density at radius 1 is 1.00 bits per heavy atom. The number of hydrogen-bond acceptors (Lipinski definition) is 2. The topological polar surface area (TPSA) is 26.3 Å². The summed E-state index contributed by atoms with van der Waals surface area (Å²) in [5.41, 5.74) is -1.72. The maximum atomic E-state index is 13.3. The number of carbonyl (C=O) groups is 1. The lowest BCUT2D eigenvalue weighted by atomic mass is 10.0. The fourth-order valence-corrected chi connectivity index (χ4v) is 2.83. The Morgan fingerprint density at radius 2 is 1.65 bits per heavy atom. The lowest BCUT2D eigenvalue weighted by molar-refractivity contribution is -0.140. The number of halogens is 4. The normalized spacial score (nSPS) is 12.8. The van der Waals surface area contributed by atoms with Crippen molar-refractivity contribution in [2.75, 3.05) is 0 Å². The smallest absolute Gasteiger partial charge is 0.419 e. The summed E-state index contributed by atoms with van der Waals surface area (Å²) in [5, 5.41) is 0. The minimum absolute atomic E-state index is 0.275. The molecule has 1 unspecified atom stereocenters. The quantitative estimate of drug-likeness (QED) is 0.238. The molecule has 0 saturated carbocycles. The summed E-state index contributed by atoms with van der Waals surface area (Å²) < 4.78 is 57.0. The first-order valence-corrected chi connectivity index (χ1v) is 9.37. The molecule has 0 spiro atoms. The molecule has 0 heterocycles. The van der Waals surface area contributed by atoms with E-state index in [1.54, 1.807) is 0 Å². The van der Waals surface area contributed by atoms with Gasteiger partial charge in [-0.3, -0.25) is 0 Å². The number of rotatable bonds is 11. The molecule has 0 saturated heterocycles. The molecule has 0 amide bonds. The van der Waals surface area contributed by atoms with Gasteiger partial charge in [0.15, 0.2) is 0 Å². The van der Waals surface area contributed by atoms with Gasteiger partial charge in [-0.1, -0.05) is 52.4 Å². The van der Waals surface area contributed by atoms with Crippen molar-refractivity contribution in [3.05, 3.63) is 35.1 Å². The molecule has 0 aliphatic rings. The molecule has 0 aromatic heterocycles. The van der Waals surface area contributed by atoms with Gasteiger partial charge in [-0.25, -0.2) is 9.18 Å². The predicted octanol–water partition coefficient (Wildman–Crippen LogP) is 6.92. The van der Waals surface area contributed by atoms with Crippen LogP contribution in [0.15, 0.2) is 18.2 Å². The van der Waals surface area contributed by atoms with Crippen LogP contribution in [0.4, 0.5) is 17.6 Å². The second kappa shape index (κ2) is 11.2. The molecule has 26 heavy (non-hydrogen) atoms. The minimum atomic E-state index is -4.85. The van der Waals surface area contributed by atoms with E-state index in [4.69, 9.17) is 4.74 Å². The van der Waals surface area contributed by atoms with Crippen molar-refractivity contribution < 1.29 is 27.1 Å². The van der Waals surface area contributed by atoms with Gasteiger partial charge < -0.3 is 4.74 Å². The van der Waals surface area contributed by atoms with Crippen LogP contribution in [0, 0.1) is 5.82 Å². The van der Waals surface area contributed by atoms with Crippen molar-refractivity contribution in [1.29, 1.82) is 0 Å². The van der Waals surface area contributed by atoms with Crippen molar-refractivity contribution in [3.8, 4) is 0 Å². The number of esters is 1. The Kier molecular flexibility index (Phi) is 9.66. The van der Waals surface area contributed by atoms with E-state index >= 15 is 0 Å². The maximum absolute atomic E-state index is 13.3. The van der Waals surface area contributed by atoms with Crippen LogP contribution in [0.1, 0.15) is 87.6 Å². The molecule has 1 rings (SSSR count). The highest BCUT2D eigenvalue weighted by Gasteiger charge is 2.35. The number of hydrogen-bond donors (Lipinski definition) is 0. The Morgan fingerprint density at radius 3 is 2.27 bits per heavy atom. The van der Waals surface area contributed by atoms with E-state index in [0.717, 1.165) is 31.7 Å². The van der Waals surface area contributed by atoms with Crippen LogP contribution < -0.4 is 0 Å². The van der Waals surface area contributed by atoms with Crippen molar-refractivity contribution in [1.82, 2.24) is 0 Å². The van der Waals surface area contributed by atoms with E-state index in [-0.39, 0.29) is 11.7 Å². The molecule has 1 aromatic carbocycles. The summed E-state index contributed by atoms with van der Waals surface area (Å²) in [7, 11) is 0. The van der Waals surface area contributed by atoms with Gasteiger partial charge in [-0.05, 0) is 37.5 Å². The molecule has 6 heteroatoms. The first kappa shape index (κ1) is 22.5. The third-order valence-electron chi connectivity index (χ3n) is 4.27. The van der Waals surface area contributed by atoms with Gasteiger partial charge in [0.2, 0.25) is 0 Å². The van der Waals surface area contributed by atoms with Crippen LogP contribution in [-0.2, 0) is 10.9 Å². The minimum Gasteiger partial charge on any atom is -0.459 e. The zero-order valence-electron chi connectivity index (χ0n) is 15.5. The van der Waals surface area contributed by atoms with Crippen LogP contribution >= 0.6 is 0 Å². The van der Waals surface area contributed by atoms with Crippen molar-refractivity contribution in [2.45, 2.75) is 83.9 Å². The van der Waals surface area contributed by atoms with E-state index in [0.29, 0.717) is 25.0 Å². The monoisotopic (exact) mass is 376 g/mol. The zero-order valence-corrected chi connectivity index (χ0v) is 15.5. The van der Waals surface area contributed by atoms with E-state index < -0.39 is 23.5 Å². The van der Waals surface area contributed by atoms with E-state index in [2.05, 4.69) is 6.92 Å². The molecule has 1 atom stereocenters. The second-order valence-corrected chi connectivity index (χ2v) is 6.56. The zero-order chi connectivity index (χ0) is 19.6. The summed E-state index contributed by atoms with van der Waals surface area (Å²) in [6.45, 7) is 4.11. The molecular weight excluding hydrogens is 348 g/mol. The summed E-state index contributed by atoms with van der Waals surface area (Å²) in [4.78, 5) is 12.2. The molecule has 148 valence electrons. The number of benzene rings is 1. The van der Waals surface area contributed by atoms with Crippen LogP contribution in [0.3, 0.4) is 0 Å². The average Bonchev–Trinajstić information content (AvgIpc) is 2.57. The highest BCUT2D eigenvalue weighted by molar-refractivity contribution is 5.89. The van der Waals surface area contributed by atoms with Gasteiger partial charge in [0.25, 0.3) is 0 Å². The molecule has 0 aliphatic carbocycles. The maximum Gasteiger partial charge on any atom is 0.419 e. The molecule has 0 bridgehead atoms. The lowest BCUT2D eigenvalue weighted by Crippen LogP contribution is -2.19. The van der Waals surface area contributed by atoms with Gasteiger partial charge >= 0.3 is 12.1 Å². The SMILES string of the molecule is CCCCCCCCC(CCC)OC(=O)c1ccc(F)c(C(F)(F)F)c1. The highest BCUT2D eigenvalue weighted by Crippen LogP contribution is 2.32. The standard InChI is InChI=1S/C20H28F4O2/c1-3-5-6-7-8-9-11-16(10-4-2)26-19(25)15-12-13-18(21)17(14-15)20(22,23)24/h12-14,16H,3-11H2,1-2H3. The first-order valence-electron chi connectivity index (χ1n) is 9.37. The molecule has 1 aromatic rings. The Balaban J connectivity index is 2.64. The predicted molar refractivity (Wildman–Crippen MR) is 93.5 cm³/mol. The van der Waals surface area contributed by atoms with Gasteiger partial charge in [-0.15, -0.1) is 0 Å². The number of carbonyl (C=O) groups excluding carboxylic acids is 1. The van der Waals surface area contributed by atoms with Crippen molar-refractivity contribution >= 4 is 5.97 Å². The number of unbranched alkanes of at least 4 members (excludes halogenated alkanes) is 5. The molecular formula is C20H28F4O2. The van der Waals surface area contributed by atoms with E-state index in [1.807, 2.05) is 6.92 Å². The van der Waals surface area contributed by atoms with Gasteiger partial charge in [-0.2, -0.15) is 13.2 Å². The van der Waals surface area contributed by atoms with Crippen molar-refractivity contribution in [3.63, 3.8) is 0 Å².